The Kier molecular flexibility index (Phi) is 4.04. The Hall–Kier alpha value is -1.32. The first-order valence-corrected chi connectivity index (χ1v) is 6.48. The van der Waals surface area contributed by atoms with Gasteiger partial charge in [0, 0.05) is 18.8 Å². The molecule has 0 bridgehead atoms. The van der Waals surface area contributed by atoms with Gasteiger partial charge >= 0.3 is 0 Å². The highest BCUT2D eigenvalue weighted by Crippen LogP contribution is 2.16. The van der Waals surface area contributed by atoms with Crippen molar-refractivity contribution in [1.82, 2.24) is 15.1 Å². The fourth-order valence-electron chi connectivity index (χ4n) is 1.66. The molecule has 0 radical (unpaired) electrons. The zero-order valence-corrected chi connectivity index (χ0v) is 11.7. The van der Waals surface area contributed by atoms with E-state index < -0.39 is 0 Å². The molecule has 0 aliphatic carbocycles. The summed E-state index contributed by atoms with van der Waals surface area (Å²) in [6, 6.07) is 8.82. The molecule has 0 saturated carbocycles. The molecule has 2 aromatic rings. The third kappa shape index (κ3) is 3.12. The predicted molar refractivity (Wildman–Crippen MR) is 75.3 cm³/mol. The summed E-state index contributed by atoms with van der Waals surface area (Å²) in [6.07, 6.45) is 1.83. The molecule has 0 aliphatic rings. The molecule has 3 nitrogen and oxygen atoms in total. The van der Waals surface area contributed by atoms with E-state index in [1.54, 1.807) is 4.68 Å². The number of nitrogens with one attached hydrogen (secondary N) is 1. The van der Waals surface area contributed by atoms with E-state index in [0.717, 1.165) is 17.9 Å². The fraction of sp³-hybridized carbons (Fsp3) is 0.357. The summed E-state index contributed by atoms with van der Waals surface area (Å²) in [4.78, 5) is 0. The molecule has 2 rings (SSSR count). The smallest absolute Gasteiger partial charge is 0.0819 e. The lowest BCUT2D eigenvalue weighted by Crippen LogP contribution is -2.21. The molecule has 1 aromatic heterocycles. The highest BCUT2D eigenvalue weighted by molar-refractivity contribution is 6.31. The van der Waals surface area contributed by atoms with Gasteiger partial charge in [0.25, 0.3) is 0 Å². The number of rotatable bonds is 4. The summed E-state index contributed by atoms with van der Waals surface area (Å²) in [5.41, 5.74) is 3.14. The van der Waals surface area contributed by atoms with Crippen molar-refractivity contribution < 1.29 is 0 Å². The van der Waals surface area contributed by atoms with Crippen LogP contribution in [0.25, 0.3) is 5.69 Å². The molecule has 1 heterocycles. The maximum atomic E-state index is 6.00. The summed E-state index contributed by atoms with van der Waals surface area (Å²) in [5.74, 6) is 0. The molecular formula is C14H18ClN3. The molecule has 0 unspecified atom stereocenters. The largest absolute Gasteiger partial charge is 0.310 e. The summed E-state index contributed by atoms with van der Waals surface area (Å²) in [5, 5.41) is 8.44. The van der Waals surface area contributed by atoms with Crippen LogP contribution in [0.1, 0.15) is 25.1 Å². The third-order valence-electron chi connectivity index (χ3n) is 2.75. The van der Waals surface area contributed by atoms with E-state index in [2.05, 4.69) is 48.5 Å². The summed E-state index contributed by atoms with van der Waals surface area (Å²) in [7, 11) is 0. The number of benzene rings is 1. The predicted octanol–water partition coefficient (Wildman–Crippen LogP) is 3.33. The lowest BCUT2D eigenvalue weighted by molar-refractivity contribution is 0.589. The molecule has 0 amide bonds. The van der Waals surface area contributed by atoms with Gasteiger partial charge in [-0.1, -0.05) is 37.6 Å². The van der Waals surface area contributed by atoms with E-state index in [1.807, 2.05) is 13.1 Å². The van der Waals surface area contributed by atoms with Crippen LogP contribution in [0.15, 0.2) is 30.5 Å². The van der Waals surface area contributed by atoms with Gasteiger partial charge in [-0.15, -0.1) is 0 Å². The van der Waals surface area contributed by atoms with Crippen molar-refractivity contribution >= 4 is 11.6 Å². The molecule has 0 aliphatic heterocycles. The first-order chi connectivity index (χ1) is 8.56. The second-order valence-electron chi connectivity index (χ2n) is 4.71. The highest BCUT2D eigenvalue weighted by atomic mass is 35.5. The van der Waals surface area contributed by atoms with Gasteiger partial charge in [0.05, 0.1) is 16.4 Å². The first-order valence-electron chi connectivity index (χ1n) is 6.10. The van der Waals surface area contributed by atoms with Crippen LogP contribution in [0.3, 0.4) is 0 Å². The van der Waals surface area contributed by atoms with Gasteiger partial charge in [-0.25, -0.2) is 4.68 Å². The Morgan fingerprint density at radius 3 is 2.44 bits per heavy atom. The second kappa shape index (κ2) is 5.55. The maximum Gasteiger partial charge on any atom is 0.0819 e. The molecule has 1 aromatic carbocycles. The Morgan fingerprint density at radius 2 is 1.94 bits per heavy atom. The van der Waals surface area contributed by atoms with Gasteiger partial charge in [0.15, 0.2) is 0 Å². The van der Waals surface area contributed by atoms with Crippen molar-refractivity contribution in [3.63, 3.8) is 0 Å². The van der Waals surface area contributed by atoms with Gasteiger partial charge in [-0.05, 0) is 24.6 Å². The number of hydrogen-bond donors (Lipinski definition) is 1. The molecule has 4 heteroatoms. The van der Waals surface area contributed by atoms with Gasteiger partial charge in [0.1, 0.15) is 0 Å². The second-order valence-corrected chi connectivity index (χ2v) is 5.12. The van der Waals surface area contributed by atoms with Gasteiger partial charge in [-0.2, -0.15) is 5.10 Å². The maximum absolute atomic E-state index is 6.00. The van der Waals surface area contributed by atoms with Crippen LogP contribution in [0.2, 0.25) is 5.02 Å². The molecule has 18 heavy (non-hydrogen) atoms. The molecule has 96 valence electrons. The Balaban J connectivity index is 2.12. The van der Waals surface area contributed by atoms with Crippen molar-refractivity contribution in [1.29, 1.82) is 0 Å². The van der Waals surface area contributed by atoms with Gasteiger partial charge in [0.2, 0.25) is 0 Å². The normalized spacial score (nSPS) is 11.2. The first kappa shape index (κ1) is 13.1. The lowest BCUT2D eigenvalue weighted by Gasteiger charge is -2.08. The number of aromatic nitrogens is 2. The van der Waals surface area contributed by atoms with Crippen LogP contribution in [-0.2, 0) is 6.54 Å². The molecule has 0 saturated heterocycles. The van der Waals surface area contributed by atoms with Crippen molar-refractivity contribution in [2.45, 2.75) is 33.4 Å². The zero-order chi connectivity index (χ0) is 13.1. The molecule has 0 spiro atoms. The highest BCUT2D eigenvalue weighted by Gasteiger charge is 2.03. The van der Waals surface area contributed by atoms with Crippen LogP contribution in [0.5, 0.6) is 0 Å². The molecule has 1 N–H and O–H groups in total. The Morgan fingerprint density at radius 1 is 1.28 bits per heavy atom. The van der Waals surface area contributed by atoms with Crippen molar-refractivity contribution in [2.24, 2.45) is 0 Å². The SMILES string of the molecule is Cc1nn(-c2ccc(CNC(C)C)cc2)cc1Cl. The fourth-order valence-corrected chi connectivity index (χ4v) is 1.79. The van der Waals surface area contributed by atoms with Crippen molar-refractivity contribution in [3.8, 4) is 5.69 Å². The molecule has 0 atom stereocenters. The summed E-state index contributed by atoms with van der Waals surface area (Å²) < 4.78 is 1.80. The van der Waals surface area contributed by atoms with E-state index in [0.29, 0.717) is 11.1 Å². The van der Waals surface area contributed by atoms with Crippen LogP contribution < -0.4 is 5.32 Å². The van der Waals surface area contributed by atoms with Gasteiger partial charge < -0.3 is 5.32 Å². The molecule has 0 fully saturated rings. The third-order valence-corrected chi connectivity index (χ3v) is 3.13. The minimum absolute atomic E-state index is 0.497. The average Bonchev–Trinajstić information content (AvgIpc) is 2.68. The van der Waals surface area contributed by atoms with E-state index >= 15 is 0 Å². The summed E-state index contributed by atoms with van der Waals surface area (Å²) in [6.45, 7) is 7.07. The Bertz CT molecular complexity index is 495. The molecular weight excluding hydrogens is 246 g/mol. The monoisotopic (exact) mass is 263 g/mol. The van der Waals surface area contributed by atoms with Crippen LogP contribution in [-0.4, -0.2) is 15.8 Å². The van der Waals surface area contributed by atoms with Crippen LogP contribution in [0, 0.1) is 6.92 Å². The van der Waals surface area contributed by atoms with Crippen LogP contribution >= 0.6 is 11.6 Å². The number of halogens is 1. The topological polar surface area (TPSA) is 29.9 Å². The average molecular weight is 264 g/mol. The number of hydrogen-bond acceptors (Lipinski definition) is 2. The number of nitrogens with zero attached hydrogens (tertiary/aromatic N) is 2. The lowest BCUT2D eigenvalue weighted by atomic mass is 10.2. The Labute approximate surface area is 113 Å². The minimum Gasteiger partial charge on any atom is -0.310 e. The minimum atomic E-state index is 0.497. The van der Waals surface area contributed by atoms with Crippen molar-refractivity contribution in [2.75, 3.05) is 0 Å². The summed E-state index contributed by atoms with van der Waals surface area (Å²) >= 11 is 6.00. The zero-order valence-electron chi connectivity index (χ0n) is 10.9. The van der Waals surface area contributed by atoms with E-state index in [1.165, 1.54) is 5.56 Å². The van der Waals surface area contributed by atoms with E-state index in [-0.39, 0.29) is 0 Å². The van der Waals surface area contributed by atoms with Crippen LogP contribution in [0.4, 0.5) is 0 Å². The van der Waals surface area contributed by atoms with Gasteiger partial charge in [-0.3, -0.25) is 0 Å². The van der Waals surface area contributed by atoms with E-state index in [9.17, 15) is 0 Å². The standard InChI is InChI=1S/C14H18ClN3/c1-10(2)16-8-12-4-6-13(7-5-12)18-9-14(15)11(3)17-18/h4-7,9-10,16H,8H2,1-3H3. The van der Waals surface area contributed by atoms with E-state index in [4.69, 9.17) is 11.6 Å². The van der Waals surface area contributed by atoms with Crippen molar-refractivity contribution in [3.05, 3.63) is 46.7 Å². The number of aryl methyl sites for hydroxylation is 1. The quantitative estimate of drug-likeness (QED) is 0.917.